The van der Waals surface area contributed by atoms with Gasteiger partial charge in [-0.2, -0.15) is 4.98 Å². The molecule has 1 saturated heterocycles. The third-order valence-corrected chi connectivity index (χ3v) is 5.97. The summed E-state index contributed by atoms with van der Waals surface area (Å²) in [6, 6.07) is 0. The van der Waals surface area contributed by atoms with E-state index in [-0.39, 0.29) is 17.9 Å². The Balaban J connectivity index is 1.34. The van der Waals surface area contributed by atoms with Gasteiger partial charge in [0.25, 0.3) is 0 Å². The van der Waals surface area contributed by atoms with Gasteiger partial charge in [0.1, 0.15) is 12.9 Å². The Kier molecular flexibility index (Phi) is 3.36. The number of carbonyl (C=O) groups excluding carboxylic acids is 1. The van der Waals surface area contributed by atoms with Crippen molar-refractivity contribution in [2.45, 2.75) is 50.5 Å². The van der Waals surface area contributed by atoms with Crippen molar-refractivity contribution in [1.29, 1.82) is 0 Å². The summed E-state index contributed by atoms with van der Waals surface area (Å²) in [6.07, 6.45) is 8.21. The van der Waals surface area contributed by atoms with E-state index in [0.29, 0.717) is 12.5 Å². The summed E-state index contributed by atoms with van der Waals surface area (Å²) < 4.78 is 7.14. The molecule has 0 N–H and O–H groups in total. The lowest BCUT2D eigenvalue weighted by molar-refractivity contribution is -0.131. The maximum absolute atomic E-state index is 12.6. The van der Waals surface area contributed by atoms with Crippen molar-refractivity contribution >= 4 is 5.91 Å². The zero-order valence-corrected chi connectivity index (χ0v) is 14.0. The first-order valence-corrected chi connectivity index (χ1v) is 9.04. The molecule has 0 radical (unpaired) electrons. The molecule has 25 heavy (non-hydrogen) atoms. The molecule has 0 unspecified atom stereocenters. The van der Waals surface area contributed by atoms with Crippen LogP contribution in [0.5, 0.6) is 0 Å². The van der Waals surface area contributed by atoms with Crippen LogP contribution in [0.3, 0.4) is 0 Å². The van der Waals surface area contributed by atoms with Crippen LogP contribution < -0.4 is 0 Å². The lowest BCUT2D eigenvalue weighted by atomic mass is 9.80. The van der Waals surface area contributed by atoms with Crippen LogP contribution >= 0.6 is 0 Å². The molecule has 0 bridgehead atoms. The van der Waals surface area contributed by atoms with Crippen molar-refractivity contribution < 1.29 is 9.32 Å². The van der Waals surface area contributed by atoms with Gasteiger partial charge in [-0.25, -0.2) is 4.68 Å². The lowest BCUT2D eigenvalue weighted by Crippen LogP contribution is -2.36. The molecule has 1 aliphatic heterocycles. The average Bonchev–Trinajstić information content (AvgIpc) is 3.04. The summed E-state index contributed by atoms with van der Waals surface area (Å²) in [7, 11) is 0. The van der Waals surface area contributed by atoms with E-state index >= 15 is 0 Å². The van der Waals surface area contributed by atoms with Crippen molar-refractivity contribution in [1.82, 2.24) is 35.2 Å². The second-order valence-electron chi connectivity index (χ2n) is 7.69. The Hall–Kier alpha value is -2.32. The molecular weight excluding hydrogens is 322 g/mol. The van der Waals surface area contributed by atoms with Gasteiger partial charge in [0.15, 0.2) is 5.82 Å². The highest BCUT2D eigenvalue weighted by molar-refractivity contribution is 5.76. The van der Waals surface area contributed by atoms with E-state index in [4.69, 9.17) is 9.51 Å². The van der Waals surface area contributed by atoms with Crippen molar-refractivity contribution in [3.05, 3.63) is 18.0 Å². The molecule has 2 aromatic rings. The highest BCUT2D eigenvalue weighted by Crippen LogP contribution is 2.50. The summed E-state index contributed by atoms with van der Waals surface area (Å²) in [5.74, 6) is 2.75. The Morgan fingerprint density at radius 2 is 2.28 bits per heavy atom. The number of fused-ring (bicyclic) bond motifs is 1. The summed E-state index contributed by atoms with van der Waals surface area (Å²) in [5, 5.41) is 15.1. The Labute approximate surface area is 144 Å². The number of rotatable bonds is 5. The van der Waals surface area contributed by atoms with Crippen LogP contribution in [0.1, 0.15) is 43.8 Å². The van der Waals surface area contributed by atoms with Gasteiger partial charge in [0, 0.05) is 19.5 Å². The summed E-state index contributed by atoms with van der Waals surface area (Å²) in [5.41, 5.74) is -0.162. The molecule has 132 valence electrons. The van der Waals surface area contributed by atoms with Gasteiger partial charge in [-0.05, 0) is 47.9 Å². The average molecular weight is 343 g/mol. The third-order valence-electron chi connectivity index (χ3n) is 5.97. The standard InChI is InChI=1S/C16H21N7O2/c24-14(8-23-10-17-20-21-23)22-7-12-2-1-5-16(12,9-22)15-18-13(19-25-15)6-11-3-4-11/h10-12H,1-9H2/t12-,16-/m1/s1. The quantitative estimate of drug-likeness (QED) is 0.782. The maximum Gasteiger partial charge on any atom is 0.244 e. The van der Waals surface area contributed by atoms with E-state index in [9.17, 15) is 4.79 Å². The van der Waals surface area contributed by atoms with Crippen LogP contribution in [0, 0.1) is 11.8 Å². The fourth-order valence-corrected chi connectivity index (χ4v) is 4.44. The van der Waals surface area contributed by atoms with Crippen LogP contribution in [-0.4, -0.2) is 54.2 Å². The highest BCUT2D eigenvalue weighted by Gasteiger charge is 2.55. The molecule has 3 aliphatic rings. The molecule has 2 saturated carbocycles. The number of hydrogen-bond acceptors (Lipinski definition) is 7. The number of hydrogen-bond donors (Lipinski definition) is 0. The predicted octanol–water partition coefficient (Wildman–Crippen LogP) is 0.589. The molecule has 2 atom stereocenters. The number of amides is 1. The SMILES string of the molecule is O=C(Cn1cnnn1)N1C[C@H]2CCC[C@@]2(c2nc(CC3CC3)no2)C1. The largest absolute Gasteiger partial charge is 0.340 e. The Morgan fingerprint density at radius 3 is 3.08 bits per heavy atom. The lowest BCUT2D eigenvalue weighted by Gasteiger charge is -2.24. The Bertz CT molecular complexity index is 769. The van der Waals surface area contributed by atoms with Crippen LogP contribution in [0.2, 0.25) is 0 Å². The van der Waals surface area contributed by atoms with E-state index in [1.807, 2.05) is 4.90 Å². The number of tetrazole rings is 1. The van der Waals surface area contributed by atoms with Gasteiger partial charge < -0.3 is 9.42 Å². The molecule has 9 nitrogen and oxygen atoms in total. The molecule has 3 heterocycles. The first-order valence-electron chi connectivity index (χ1n) is 9.04. The second-order valence-corrected chi connectivity index (χ2v) is 7.69. The smallest absolute Gasteiger partial charge is 0.244 e. The van der Waals surface area contributed by atoms with E-state index in [2.05, 4.69) is 20.7 Å². The minimum absolute atomic E-state index is 0.0406. The maximum atomic E-state index is 12.6. The van der Waals surface area contributed by atoms with Crippen LogP contribution in [-0.2, 0) is 23.2 Å². The Morgan fingerprint density at radius 1 is 1.36 bits per heavy atom. The molecule has 0 spiro atoms. The first kappa shape index (κ1) is 15.0. The molecule has 2 aromatic heterocycles. The van der Waals surface area contributed by atoms with Crippen molar-refractivity contribution in [2.75, 3.05) is 13.1 Å². The number of aromatic nitrogens is 6. The van der Waals surface area contributed by atoms with Gasteiger partial charge in [-0.3, -0.25) is 4.79 Å². The molecule has 2 aliphatic carbocycles. The fraction of sp³-hybridized carbons (Fsp3) is 0.750. The van der Waals surface area contributed by atoms with E-state index < -0.39 is 0 Å². The molecule has 3 fully saturated rings. The minimum atomic E-state index is -0.162. The van der Waals surface area contributed by atoms with Crippen LogP contribution in [0.4, 0.5) is 0 Å². The molecule has 1 amide bonds. The second kappa shape index (κ2) is 5.60. The van der Waals surface area contributed by atoms with Crippen molar-refractivity contribution in [3.8, 4) is 0 Å². The van der Waals surface area contributed by atoms with Gasteiger partial charge in [-0.15, -0.1) is 5.10 Å². The molecule has 0 aromatic carbocycles. The van der Waals surface area contributed by atoms with Crippen LogP contribution in [0.25, 0.3) is 0 Å². The van der Waals surface area contributed by atoms with Gasteiger partial charge >= 0.3 is 0 Å². The molecular formula is C16H21N7O2. The summed E-state index contributed by atoms with van der Waals surface area (Å²) in [6.45, 7) is 1.58. The van der Waals surface area contributed by atoms with E-state index in [1.165, 1.54) is 23.9 Å². The number of nitrogens with zero attached hydrogens (tertiary/aromatic N) is 7. The van der Waals surface area contributed by atoms with Crippen molar-refractivity contribution in [2.24, 2.45) is 11.8 Å². The first-order chi connectivity index (χ1) is 12.2. The molecule has 5 rings (SSSR count). The minimum Gasteiger partial charge on any atom is -0.340 e. The van der Waals surface area contributed by atoms with Crippen LogP contribution in [0.15, 0.2) is 10.9 Å². The number of carbonyl (C=O) groups is 1. The van der Waals surface area contributed by atoms with E-state index in [1.54, 1.807) is 0 Å². The monoisotopic (exact) mass is 343 g/mol. The zero-order valence-electron chi connectivity index (χ0n) is 14.0. The third kappa shape index (κ3) is 2.61. The summed E-state index contributed by atoms with van der Waals surface area (Å²) >= 11 is 0. The molecule has 9 heteroatoms. The number of likely N-dealkylation sites (tertiary alicyclic amines) is 1. The van der Waals surface area contributed by atoms with Gasteiger partial charge in [0.2, 0.25) is 11.8 Å². The summed E-state index contributed by atoms with van der Waals surface area (Å²) in [4.78, 5) is 19.3. The highest BCUT2D eigenvalue weighted by atomic mass is 16.5. The predicted molar refractivity (Wildman–Crippen MR) is 84.1 cm³/mol. The van der Waals surface area contributed by atoms with Gasteiger partial charge in [0.05, 0.1) is 5.41 Å². The topological polar surface area (TPSA) is 103 Å². The normalized spacial score (nSPS) is 28.5. The van der Waals surface area contributed by atoms with Gasteiger partial charge in [-0.1, -0.05) is 11.6 Å². The fourth-order valence-electron chi connectivity index (χ4n) is 4.44. The zero-order chi connectivity index (χ0) is 16.9. The van der Waals surface area contributed by atoms with E-state index in [0.717, 1.165) is 49.9 Å². The van der Waals surface area contributed by atoms with Crippen molar-refractivity contribution in [3.63, 3.8) is 0 Å².